The van der Waals surface area contributed by atoms with E-state index in [9.17, 15) is 0 Å². The normalized spacial score (nSPS) is 10.8. The summed E-state index contributed by atoms with van der Waals surface area (Å²) in [4.78, 5) is 0. The summed E-state index contributed by atoms with van der Waals surface area (Å²) in [6, 6.07) is 19.9. The van der Waals surface area contributed by atoms with Crippen LogP contribution < -0.4 is 10.6 Å². The topological polar surface area (TPSA) is 59.7 Å². The van der Waals surface area contributed by atoms with Crippen LogP contribution in [0.2, 0.25) is 5.02 Å². The van der Waals surface area contributed by atoms with Crippen LogP contribution in [0.5, 0.6) is 0 Å². The fraction of sp³-hybridized carbons (Fsp3) is 0.174. The molecule has 4 aromatic rings. The number of aromatic nitrogens is 4. The van der Waals surface area contributed by atoms with Crippen molar-refractivity contribution in [3.63, 3.8) is 0 Å². The second-order valence-corrected chi connectivity index (χ2v) is 8.07. The molecule has 2 heterocycles. The lowest BCUT2D eigenvalue weighted by molar-refractivity contribution is 0.659. The van der Waals surface area contributed by atoms with Crippen LogP contribution in [-0.4, -0.2) is 24.7 Å². The molecule has 2 aromatic carbocycles. The van der Waals surface area contributed by atoms with Gasteiger partial charge >= 0.3 is 0 Å². The number of rotatable bonds is 6. The molecule has 0 atom stereocenters. The van der Waals surface area contributed by atoms with Gasteiger partial charge in [-0.2, -0.15) is 10.2 Å². The average Bonchev–Trinajstić information content (AvgIpc) is 3.29. The van der Waals surface area contributed by atoms with Crippen molar-refractivity contribution in [3.8, 4) is 0 Å². The highest BCUT2D eigenvalue weighted by Gasteiger charge is 2.14. The second kappa shape index (κ2) is 9.32. The number of benzene rings is 2. The van der Waals surface area contributed by atoms with Crippen molar-refractivity contribution >= 4 is 40.4 Å². The Labute approximate surface area is 191 Å². The van der Waals surface area contributed by atoms with Crippen LogP contribution in [0, 0.1) is 13.8 Å². The van der Waals surface area contributed by atoms with Gasteiger partial charge in [-0.25, -0.2) is 0 Å². The van der Waals surface area contributed by atoms with E-state index in [1.165, 1.54) is 5.56 Å². The molecule has 4 rings (SSSR count). The highest BCUT2D eigenvalue weighted by molar-refractivity contribution is 7.80. The van der Waals surface area contributed by atoms with E-state index in [1.54, 1.807) is 0 Å². The molecule has 0 radical (unpaired) electrons. The SMILES string of the molecule is Cc1nn(Cc2ccccc2)c(C)c1NC(=S)Nc1ccn(Cc2ccccc2Cl)n1. The summed E-state index contributed by atoms with van der Waals surface area (Å²) in [6.07, 6.45) is 1.89. The van der Waals surface area contributed by atoms with Gasteiger partial charge in [-0.05, 0) is 43.3 Å². The van der Waals surface area contributed by atoms with Crippen LogP contribution in [0.15, 0.2) is 66.9 Å². The number of thiocarbonyl (C=S) groups is 1. The van der Waals surface area contributed by atoms with Gasteiger partial charge < -0.3 is 10.6 Å². The first-order valence-corrected chi connectivity index (χ1v) is 10.7. The first-order valence-electron chi connectivity index (χ1n) is 9.92. The van der Waals surface area contributed by atoms with Crippen LogP contribution >= 0.6 is 23.8 Å². The lowest BCUT2D eigenvalue weighted by atomic mass is 10.2. The zero-order valence-corrected chi connectivity index (χ0v) is 18.9. The summed E-state index contributed by atoms with van der Waals surface area (Å²) in [7, 11) is 0. The van der Waals surface area contributed by atoms with E-state index in [2.05, 4.69) is 33.0 Å². The number of halogens is 1. The maximum Gasteiger partial charge on any atom is 0.176 e. The van der Waals surface area contributed by atoms with Gasteiger partial charge in [-0.1, -0.05) is 60.1 Å². The predicted molar refractivity (Wildman–Crippen MR) is 130 cm³/mol. The summed E-state index contributed by atoms with van der Waals surface area (Å²) in [5.74, 6) is 0.663. The minimum absolute atomic E-state index is 0.466. The largest absolute Gasteiger partial charge is 0.329 e. The molecule has 158 valence electrons. The third-order valence-electron chi connectivity index (χ3n) is 4.97. The molecular formula is C23H23ClN6S. The monoisotopic (exact) mass is 450 g/mol. The van der Waals surface area contributed by atoms with Crippen LogP contribution in [0.4, 0.5) is 11.5 Å². The van der Waals surface area contributed by atoms with Crippen molar-refractivity contribution in [1.29, 1.82) is 0 Å². The summed E-state index contributed by atoms with van der Waals surface area (Å²) < 4.78 is 3.80. The van der Waals surface area contributed by atoms with Crippen molar-refractivity contribution in [2.24, 2.45) is 0 Å². The number of nitrogens with zero attached hydrogens (tertiary/aromatic N) is 4. The second-order valence-electron chi connectivity index (χ2n) is 7.26. The third-order valence-corrected chi connectivity index (χ3v) is 5.54. The Morgan fingerprint density at radius 1 is 0.935 bits per heavy atom. The van der Waals surface area contributed by atoms with Gasteiger partial charge in [-0.3, -0.25) is 9.36 Å². The molecule has 2 N–H and O–H groups in total. The quantitative estimate of drug-likeness (QED) is 0.392. The fourth-order valence-corrected chi connectivity index (χ4v) is 3.77. The van der Waals surface area contributed by atoms with Gasteiger partial charge in [0.15, 0.2) is 10.9 Å². The average molecular weight is 451 g/mol. The molecule has 0 aliphatic rings. The van der Waals surface area contributed by atoms with E-state index < -0.39 is 0 Å². The first-order chi connectivity index (χ1) is 15.0. The summed E-state index contributed by atoms with van der Waals surface area (Å²) in [5.41, 5.74) is 5.03. The third kappa shape index (κ3) is 5.13. The lowest BCUT2D eigenvalue weighted by Gasteiger charge is -2.10. The van der Waals surface area contributed by atoms with Crippen LogP contribution in [0.3, 0.4) is 0 Å². The van der Waals surface area contributed by atoms with E-state index in [1.807, 2.05) is 77.9 Å². The zero-order chi connectivity index (χ0) is 21.8. The molecule has 31 heavy (non-hydrogen) atoms. The summed E-state index contributed by atoms with van der Waals surface area (Å²) in [5, 5.41) is 16.8. The van der Waals surface area contributed by atoms with Crippen molar-refractivity contribution in [1.82, 2.24) is 19.6 Å². The van der Waals surface area contributed by atoms with Gasteiger partial charge in [0.25, 0.3) is 0 Å². The Hall–Kier alpha value is -3.16. The van der Waals surface area contributed by atoms with E-state index in [0.29, 0.717) is 24.0 Å². The van der Waals surface area contributed by atoms with Gasteiger partial charge in [0.05, 0.1) is 30.2 Å². The molecule has 0 saturated carbocycles. The molecule has 0 unspecified atom stereocenters. The number of anilines is 2. The molecular weight excluding hydrogens is 428 g/mol. The van der Waals surface area contributed by atoms with Crippen molar-refractivity contribution in [3.05, 3.63) is 94.4 Å². The maximum atomic E-state index is 6.24. The number of hydrogen-bond acceptors (Lipinski definition) is 3. The molecule has 6 nitrogen and oxygen atoms in total. The Morgan fingerprint density at radius 3 is 2.45 bits per heavy atom. The molecule has 0 amide bonds. The highest BCUT2D eigenvalue weighted by atomic mass is 35.5. The fourth-order valence-electron chi connectivity index (χ4n) is 3.37. The van der Waals surface area contributed by atoms with E-state index in [4.69, 9.17) is 23.8 Å². The molecule has 0 saturated heterocycles. The summed E-state index contributed by atoms with van der Waals surface area (Å²) >= 11 is 11.7. The Morgan fingerprint density at radius 2 is 1.68 bits per heavy atom. The molecule has 2 aromatic heterocycles. The van der Waals surface area contributed by atoms with Crippen molar-refractivity contribution in [2.45, 2.75) is 26.9 Å². The van der Waals surface area contributed by atoms with E-state index in [0.717, 1.165) is 27.7 Å². The minimum atomic E-state index is 0.466. The Balaban J connectivity index is 1.40. The molecule has 8 heteroatoms. The van der Waals surface area contributed by atoms with Gasteiger partial charge in [0, 0.05) is 17.3 Å². The standard InChI is InChI=1S/C23H23ClN6S/c1-16-22(17(2)30(27-16)14-18-8-4-3-5-9-18)26-23(31)25-21-12-13-29(28-21)15-19-10-6-7-11-20(19)24/h3-13H,14-15H2,1-2H3,(H2,25,26,28,31). The van der Waals surface area contributed by atoms with Crippen molar-refractivity contribution < 1.29 is 0 Å². The van der Waals surface area contributed by atoms with E-state index >= 15 is 0 Å². The smallest absolute Gasteiger partial charge is 0.176 e. The molecule has 0 bridgehead atoms. The highest BCUT2D eigenvalue weighted by Crippen LogP contribution is 2.21. The first kappa shape index (κ1) is 21.1. The Kier molecular flexibility index (Phi) is 6.34. The molecule has 0 aliphatic heterocycles. The predicted octanol–water partition coefficient (Wildman–Crippen LogP) is 5.26. The zero-order valence-electron chi connectivity index (χ0n) is 17.3. The minimum Gasteiger partial charge on any atom is -0.329 e. The van der Waals surface area contributed by atoms with Crippen LogP contribution in [0.25, 0.3) is 0 Å². The molecule has 0 fully saturated rings. The molecule has 0 spiro atoms. The number of aryl methyl sites for hydroxylation is 1. The van der Waals surface area contributed by atoms with Crippen LogP contribution in [-0.2, 0) is 13.1 Å². The van der Waals surface area contributed by atoms with Gasteiger partial charge in [-0.15, -0.1) is 0 Å². The lowest BCUT2D eigenvalue weighted by Crippen LogP contribution is -2.20. The molecule has 0 aliphatic carbocycles. The van der Waals surface area contributed by atoms with Crippen LogP contribution in [0.1, 0.15) is 22.5 Å². The summed E-state index contributed by atoms with van der Waals surface area (Å²) in [6.45, 7) is 5.30. The van der Waals surface area contributed by atoms with Gasteiger partial charge in [0.2, 0.25) is 0 Å². The maximum absolute atomic E-state index is 6.24. The van der Waals surface area contributed by atoms with Gasteiger partial charge in [0.1, 0.15) is 0 Å². The Bertz CT molecular complexity index is 1200. The van der Waals surface area contributed by atoms with E-state index in [-0.39, 0.29) is 0 Å². The number of nitrogens with one attached hydrogen (secondary N) is 2. The number of hydrogen-bond donors (Lipinski definition) is 2. The van der Waals surface area contributed by atoms with Crippen molar-refractivity contribution in [2.75, 3.05) is 10.6 Å².